The molecule has 0 aliphatic carbocycles. The number of hydrogen-bond acceptors (Lipinski definition) is 6. The van der Waals surface area contributed by atoms with E-state index >= 15 is 0 Å². The summed E-state index contributed by atoms with van der Waals surface area (Å²) in [4.78, 5) is 0.342. The number of rotatable bonds is 7. The van der Waals surface area contributed by atoms with Crippen LogP contribution < -0.4 is 0 Å². The monoisotopic (exact) mass is 752 g/mol. The molecule has 6 rings (SSSR count). The topological polar surface area (TPSA) is 102 Å². The number of benzene rings is 6. The Hall–Kier alpha value is -4.68. The van der Waals surface area contributed by atoms with Crippen molar-refractivity contribution < 1.29 is 34.0 Å². The highest BCUT2D eigenvalue weighted by atomic mass is 35.7. The van der Waals surface area contributed by atoms with E-state index in [4.69, 9.17) is 10.7 Å². The fourth-order valence-corrected chi connectivity index (χ4v) is 7.88. The molecule has 6 aromatic carbocycles. The Bertz CT molecular complexity index is 2350. The van der Waals surface area contributed by atoms with Gasteiger partial charge in [-0.3, -0.25) is 0 Å². The number of sulfone groups is 2. The molecular weight excluding hydrogens is 722 g/mol. The van der Waals surface area contributed by atoms with Gasteiger partial charge in [-0.05, 0) is 107 Å². The minimum Gasteiger partial charge on any atom is -0.219 e. The van der Waals surface area contributed by atoms with Crippen molar-refractivity contribution in [2.75, 3.05) is 0 Å². The SMILES string of the molecule is CC.O=S(=O)(Cl)c1ccc(-c2ccc(S(=O)(=O)c3ccc(F)cc3)cc2)cc1.O=S(=O)(c1ccc(F)cc1)c1ccc(-c2ccccc2)cc1. The van der Waals surface area contributed by atoms with Gasteiger partial charge in [-0.25, -0.2) is 34.0 Å². The van der Waals surface area contributed by atoms with Crippen LogP contribution in [0.25, 0.3) is 22.3 Å². The Morgan fingerprint density at radius 2 is 0.600 bits per heavy atom. The Balaban J connectivity index is 0.000000217. The highest BCUT2D eigenvalue weighted by molar-refractivity contribution is 8.13. The number of hydrogen-bond donors (Lipinski definition) is 0. The fourth-order valence-electron chi connectivity index (χ4n) is 4.59. The van der Waals surface area contributed by atoms with Crippen LogP contribution >= 0.6 is 10.7 Å². The van der Waals surface area contributed by atoms with Crippen molar-refractivity contribution in [3.05, 3.63) is 163 Å². The van der Waals surface area contributed by atoms with Gasteiger partial charge in [-0.2, -0.15) is 0 Å². The second-order valence-corrected chi connectivity index (χ2v) is 16.8. The van der Waals surface area contributed by atoms with Crippen molar-refractivity contribution in [3.8, 4) is 22.3 Å². The highest BCUT2D eigenvalue weighted by Crippen LogP contribution is 2.28. The number of halogens is 3. The summed E-state index contributed by atoms with van der Waals surface area (Å²) in [5.41, 5.74) is 3.38. The molecule has 0 aromatic heterocycles. The molecule has 12 heteroatoms. The van der Waals surface area contributed by atoms with Crippen LogP contribution in [-0.4, -0.2) is 25.3 Å². The molecule has 0 bridgehead atoms. The van der Waals surface area contributed by atoms with Crippen LogP contribution in [-0.2, 0) is 28.7 Å². The van der Waals surface area contributed by atoms with Crippen LogP contribution in [0.5, 0.6) is 0 Å². The summed E-state index contributed by atoms with van der Waals surface area (Å²) in [5, 5.41) is 0. The summed E-state index contributed by atoms with van der Waals surface area (Å²) in [6, 6.07) is 37.9. The molecule has 0 unspecified atom stereocenters. The third-order valence-corrected chi connectivity index (χ3v) is 12.1. The van der Waals surface area contributed by atoms with Gasteiger partial charge in [0.2, 0.25) is 19.7 Å². The third-order valence-electron chi connectivity index (χ3n) is 7.15. The van der Waals surface area contributed by atoms with Gasteiger partial charge in [-0.15, -0.1) is 0 Å². The molecule has 0 saturated heterocycles. The molecule has 0 amide bonds. The molecule has 0 atom stereocenters. The first kappa shape index (κ1) is 38.1. The van der Waals surface area contributed by atoms with E-state index in [1.165, 1.54) is 48.5 Å². The second kappa shape index (κ2) is 16.4. The first-order chi connectivity index (χ1) is 23.7. The minimum atomic E-state index is -3.80. The summed E-state index contributed by atoms with van der Waals surface area (Å²) in [6.45, 7) is 4.00. The maximum Gasteiger partial charge on any atom is 0.261 e. The summed E-state index contributed by atoms with van der Waals surface area (Å²) in [5.74, 6) is -0.972. The van der Waals surface area contributed by atoms with E-state index in [2.05, 4.69) is 0 Å². The van der Waals surface area contributed by atoms with Crippen molar-refractivity contribution in [2.24, 2.45) is 0 Å². The van der Waals surface area contributed by atoms with Gasteiger partial charge in [0, 0.05) is 10.7 Å². The van der Waals surface area contributed by atoms with E-state index in [0.717, 1.165) is 35.4 Å². The summed E-state index contributed by atoms with van der Waals surface area (Å²) in [7, 11) is -5.88. The standard InChI is InChI=1S/C18H12ClFO4S2.C18H13FO2S.C2H6/c19-26(23,24)18-9-3-14(4-10-18)13-1-7-16(8-2-13)25(21,22)17-11-5-15(20)6-12-17;19-16-8-12-18(13-9-16)22(20,21)17-10-6-15(7-11-17)14-4-2-1-3-5-14;1-2/h1-12H;1-13H;1-2H3. The van der Waals surface area contributed by atoms with E-state index in [9.17, 15) is 34.0 Å². The Morgan fingerprint density at radius 1 is 0.360 bits per heavy atom. The molecule has 0 radical (unpaired) electrons. The zero-order valence-corrected chi connectivity index (χ0v) is 29.9. The molecular formula is C38H31ClF2O6S3. The van der Waals surface area contributed by atoms with Crippen LogP contribution in [0, 0.1) is 11.6 Å². The van der Waals surface area contributed by atoms with E-state index in [0.29, 0.717) is 11.1 Å². The van der Waals surface area contributed by atoms with E-state index in [1.54, 1.807) is 48.5 Å². The molecule has 6 aromatic rings. The molecule has 0 fully saturated rings. The molecule has 0 N–H and O–H groups in total. The molecule has 0 saturated carbocycles. The van der Waals surface area contributed by atoms with Crippen LogP contribution in [0.4, 0.5) is 8.78 Å². The predicted octanol–water partition coefficient (Wildman–Crippen LogP) is 9.60. The maximum atomic E-state index is 13.0. The first-order valence-corrected chi connectivity index (χ1v) is 20.3. The summed E-state index contributed by atoms with van der Waals surface area (Å²) >= 11 is 0. The lowest BCUT2D eigenvalue weighted by molar-refractivity contribution is 0.593. The molecule has 258 valence electrons. The minimum absolute atomic E-state index is 0.00308. The first-order valence-electron chi connectivity index (χ1n) is 15.1. The average molecular weight is 753 g/mol. The zero-order chi connectivity index (χ0) is 36.5. The lowest BCUT2D eigenvalue weighted by atomic mass is 10.1. The second-order valence-electron chi connectivity index (χ2n) is 10.3. The van der Waals surface area contributed by atoms with E-state index < -0.39 is 40.4 Å². The van der Waals surface area contributed by atoms with E-state index in [1.807, 2.05) is 44.2 Å². The average Bonchev–Trinajstić information content (AvgIpc) is 3.13. The van der Waals surface area contributed by atoms with E-state index in [-0.39, 0.29) is 24.5 Å². The van der Waals surface area contributed by atoms with Crippen LogP contribution in [0.1, 0.15) is 13.8 Å². The molecule has 0 heterocycles. The van der Waals surface area contributed by atoms with Crippen molar-refractivity contribution in [1.82, 2.24) is 0 Å². The summed E-state index contributed by atoms with van der Waals surface area (Å²) in [6.07, 6.45) is 0. The lowest BCUT2D eigenvalue weighted by Gasteiger charge is -2.07. The largest absolute Gasteiger partial charge is 0.261 e. The molecule has 0 spiro atoms. The van der Waals surface area contributed by atoms with Crippen molar-refractivity contribution in [1.29, 1.82) is 0 Å². The van der Waals surface area contributed by atoms with Gasteiger partial charge in [-0.1, -0.05) is 80.6 Å². The summed E-state index contributed by atoms with van der Waals surface area (Å²) < 4.78 is 98.5. The van der Waals surface area contributed by atoms with Gasteiger partial charge < -0.3 is 0 Å². The van der Waals surface area contributed by atoms with Crippen molar-refractivity contribution in [2.45, 2.75) is 38.3 Å². The molecule has 0 aliphatic heterocycles. The Morgan fingerprint density at radius 3 is 0.880 bits per heavy atom. The lowest BCUT2D eigenvalue weighted by Crippen LogP contribution is -2.01. The third kappa shape index (κ3) is 9.30. The molecule has 0 aliphatic rings. The van der Waals surface area contributed by atoms with Gasteiger partial charge >= 0.3 is 0 Å². The smallest absolute Gasteiger partial charge is 0.219 e. The van der Waals surface area contributed by atoms with Crippen molar-refractivity contribution >= 4 is 39.4 Å². The molecule has 6 nitrogen and oxygen atoms in total. The predicted molar refractivity (Wildman–Crippen MR) is 192 cm³/mol. The maximum absolute atomic E-state index is 13.0. The fraction of sp³-hybridized carbons (Fsp3) is 0.0526. The quantitative estimate of drug-likeness (QED) is 0.119. The van der Waals surface area contributed by atoms with Crippen LogP contribution in [0.2, 0.25) is 0 Å². The Labute approximate surface area is 295 Å². The van der Waals surface area contributed by atoms with Crippen molar-refractivity contribution in [3.63, 3.8) is 0 Å². The Kier molecular flexibility index (Phi) is 12.5. The van der Waals surface area contributed by atoms with Gasteiger partial charge in [0.1, 0.15) is 11.6 Å². The zero-order valence-electron chi connectivity index (χ0n) is 26.7. The van der Waals surface area contributed by atoms with Gasteiger partial charge in [0.15, 0.2) is 0 Å². The van der Waals surface area contributed by atoms with Gasteiger partial charge in [0.05, 0.1) is 24.5 Å². The van der Waals surface area contributed by atoms with Gasteiger partial charge in [0.25, 0.3) is 9.05 Å². The van der Waals surface area contributed by atoms with Crippen LogP contribution in [0.15, 0.2) is 176 Å². The molecule has 50 heavy (non-hydrogen) atoms. The normalized spacial score (nSPS) is 11.4. The van der Waals surface area contributed by atoms with Crippen LogP contribution in [0.3, 0.4) is 0 Å². The highest BCUT2D eigenvalue weighted by Gasteiger charge is 2.19.